The zero-order chi connectivity index (χ0) is 13.8. The quantitative estimate of drug-likeness (QED) is 0.827. The van der Waals surface area contributed by atoms with Gasteiger partial charge in [-0.1, -0.05) is 0 Å². The molecule has 1 aliphatic rings. The molecule has 0 amide bonds. The monoisotopic (exact) mass is 270 g/mol. The molecule has 1 N–H and O–H groups in total. The van der Waals surface area contributed by atoms with Gasteiger partial charge in [0, 0.05) is 18.1 Å². The van der Waals surface area contributed by atoms with E-state index in [4.69, 9.17) is 9.84 Å². The zero-order valence-electron chi connectivity index (χ0n) is 10.5. The highest BCUT2D eigenvalue weighted by Gasteiger charge is 2.23. The van der Waals surface area contributed by atoms with Crippen molar-refractivity contribution in [3.63, 3.8) is 0 Å². The minimum atomic E-state index is -0.919. The van der Waals surface area contributed by atoms with Crippen molar-refractivity contribution in [2.45, 2.75) is 32.1 Å². The Hall–Kier alpha value is -1.65. The molecule has 0 unspecified atom stereocenters. The van der Waals surface area contributed by atoms with Gasteiger partial charge in [0.25, 0.3) is 0 Å². The van der Waals surface area contributed by atoms with Gasteiger partial charge in [0.2, 0.25) is 0 Å². The standard InChI is InChI=1S/C14H16F2O3/c15-11-6-10(2-1-3-13(17)18)14(12(16)7-11)19-8-9-4-5-9/h6-7,9H,1-5,8H2,(H,17,18). The fourth-order valence-electron chi connectivity index (χ4n) is 1.88. The molecule has 1 aromatic rings. The highest BCUT2D eigenvalue weighted by Crippen LogP contribution is 2.32. The predicted octanol–water partition coefficient (Wildman–Crippen LogP) is 3.16. The SMILES string of the molecule is O=C(O)CCCc1cc(F)cc(F)c1OCC1CC1. The maximum Gasteiger partial charge on any atom is 0.303 e. The van der Waals surface area contributed by atoms with Gasteiger partial charge >= 0.3 is 5.97 Å². The molecule has 0 spiro atoms. The van der Waals surface area contributed by atoms with Gasteiger partial charge in [0.1, 0.15) is 5.82 Å². The number of carbonyl (C=O) groups is 1. The Morgan fingerprint density at radius 3 is 2.74 bits per heavy atom. The number of hydrogen-bond acceptors (Lipinski definition) is 2. The van der Waals surface area contributed by atoms with E-state index in [-0.39, 0.29) is 12.2 Å². The molecule has 0 bridgehead atoms. The summed E-state index contributed by atoms with van der Waals surface area (Å²) in [5.41, 5.74) is 0.402. The zero-order valence-corrected chi connectivity index (χ0v) is 10.5. The molecule has 1 fully saturated rings. The molecule has 1 aliphatic carbocycles. The number of ether oxygens (including phenoxy) is 1. The summed E-state index contributed by atoms with van der Waals surface area (Å²) in [5, 5.41) is 8.57. The lowest BCUT2D eigenvalue weighted by Crippen LogP contribution is -2.05. The molecular formula is C14H16F2O3. The van der Waals surface area contributed by atoms with Crippen LogP contribution in [0.1, 0.15) is 31.2 Å². The van der Waals surface area contributed by atoms with Crippen molar-refractivity contribution in [3.05, 3.63) is 29.3 Å². The second kappa shape index (κ2) is 5.99. The fourth-order valence-corrected chi connectivity index (χ4v) is 1.88. The van der Waals surface area contributed by atoms with E-state index in [9.17, 15) is 13.6 Å². The first-order valence-corrected chi connectivity index (χ1v) is 6.39. The lowest BCUT2D eigenvalue weighted by atomic mass is 10.1. The third kappa shape index (κ3) is 4.19. The van der Waals surface area contributed by atoms with Crippen LogP contribution in [-0.4, -0.2) is 17.7 Å². The van der Waals surface area contributed by atoms with E-state index in [1.54, 1.807) is 0 Å². The first kappa shape index (κ1) is 13.8. The van der Waals surface area contributed by atoms with E-state index in [1.165, 1.54) is 6.07 Å². The predicted molar refractivity (Wildman–Crippen MR) is 65.2 cm³/mol. The normalized spacial score (nSPS) is 14.4. The number of carboxylic acid groups (broad SMARTS) is 1. The highest BCUT2D eigenvalue weighted by molar-refractivity contribution is 5.66. The van der Waals surface area contributed by atoms with Crippen LogP contribution in [0.25, 0.3) is 0 Å². The van der Waals surface area contributed by atoms with Gasteiger partial charge in [-0.15, -0.1) is 0 Å². The molecule has 1 aromatic carbocycles. The van der Waals surface area contributed by atoms with Gasteiger partial charge in [-0.3, -0.25) is 4.79 Å². The van der Waals surface area contributed by atoms with Gasteiger partial charge in [0.15, 0.2) is 11.6 Å². The Morgan fingerprint density at radius 1 is 1.37 bits per heavy atom. The van der Waals surface area contributed by atoms with Crippen LogP contribution >= 0.6 is 0 Å². The summed E-state index contributed by atoms with van der Waals surface area (Å²) in [7, 11) is 0. The lowest BCUT2D eigenvalue weighted by Gasteiger charge is -2.12. The third-order valence-electron chi connectivity index (χ3n) is 3.08. The molecule has 0 aromatic heterocycles. The van der Waals surface area contributed by atoms with Gasteiger partial charge in [0.05, 0.1) is 6.61 Å². The molecule has 0 aliphatic heterocycles. The summed E-state index contributed by atoms with van der Waals surface area (Å²) in [4.78, 5) is 10.5. The second-order valence-electron chi connectivity index (χ2n) is 4.88. The van der Waals surface area contributed by atoms with Crippen LogP contribution in [-0.2, 0) is 11.2 Å². The summed E-state index contributed by atoms with van der Waals surface area (Å²) >= 11 is 0. The Bertz CT molecular complexity index is 470. The molecule has 19 heavy (non-hydrogen) atoms. The highest BCUT2D eigenvalue weighted by atomic mass is 19.1. The van der Waals surface area contributed by atoms with Crippen molar-refractivity contribution >= 4 is 5.97 Å². The first-order chi connectivity index (χ1) is 9.06. The molecule has 1 saturated carbocycles. The van der Waals surface area contributed by atoms with Crippen molar-refractivity contribution in [1.29, 1.82) is 0 Å². The summed E-state index contributed by atoms with van der Waals surface area (Å²) in [6.45, 7) is 0.439. The minimum absolute atomic E-state index is 0.0276. The number of halogens is 2. The van der Waals surface area contributed by atoms with Crippen LogP contribution < -0.4 is 4.74 Å². The molecule has 0 atom stereocenters. The van der Waals surface area contributed by atoms with E-state index in [0.717, 1.165) is 18.9 Å². The summed E-state index contributed by atoms with van der Waals surface area (Å²) in [5.74, 6) is -1.76. The van der Waals surface area contributed by atoms with Crippen molar-refractivity contribution in [1.82, 2.24) is 0 Å². The topological polar surface area (TPSA) is 46.5 Å². The van der Waals surface area contributed by atoms with Crippen LogP contribution in [0.2, 0.25) is 0 Å². The number of hydrogen-bond donors (Lipinski definition) is 1. The second-order valence-corrected chi connectivity index (χ2v) is 4.88. The van der Waals surface area contributed by atoms with E-state index in [2.05, 4.69) is 0 Å². The number of aliphatic carboxylic acids is 1. The average molecular weight is 270 g/mol. The molecular weight excluding hydrogens is 254 g/mol. The Labute approximate surface area is 110 Å². The minimum Gasteiger partial charge on any atom is -0.490 e. The van der Waals surface area contributed by atoms with Crippen LogP contribution in [0.4, 0.5) is 8.78 Å². The molecule has 2 rings (SSSR count). The van der Waals surface area contributed by atoms with Gasteiger partial charge in [-0.05, 0) is 37.7 Å². The Morgan fingerprint density at radius 2 is 2.11 bits per heavy atom. The number of carboxylic acids is 1. The summed E-state index contributed by atoms with van der Waals surface area (Å²) in [6, 6.07) is 2.01. The summed E-state index contributed by atoms with van der Waals surface area (Å²) in [6.07, 6.45) is 2.76. The van der Waals surface area contributed by atoms with Crippen LogP contribution in [0, 0.1) is 17.6 Å². The van der Waals surface area contributed by atoms with E-state index in [1.807, 2.05) is 0 Å². The van der Waals surface area contributed by atoms with E-state index < -0.39 is 17.6 Å². The first-order valence-electron chi connectivity index (χ1n) is 6.39. The molecule has 5 heteroatoms. The van der Waals surface area contributed by atoms with Crippen LogP contribution in [0.15, 0.2) is 12.1 Å². The van der Waals surface area contributed by atoms with E-state index in [0.29, 0.717) is 30.9 Å². The largest absolute Gasteiger partial charge is 0.490 e. The molecule has 3 nitrogen and oxygen atoms in total. The van der Waals surface area contributed by atoms with Crippen molar-refractivity contribution in [3.8, 4) is 5.75 Å². The molecule has 104 valence electrons. The Balaban J connectivity index is 2.05. The van der Waals surface area contributed by atoms with Crippen molar-refractivity contribution in [2.75, 3.05) is 6.61 Å². The van der Waals surface area contributed by atoms with Crippen LogP contribution in [0.5, 0.6) is 5.75 Å². The summed E-state index contributed by atoms with van der Waals surface area (Å²) < 4.78 is 32.3. The van der Waals surface area contributed by atoms with Crippen LogP contribution in [0.3, 0.4) is 0 Å². The van der Waals surface area contributed by atoms with Gasteiger partial charge < -0.3 is 9.84 Å². The molecule has 0 saturated heterocycles. The number of aryl methyl sites for hydroxylation is 1. The maximum absolute atomic E-state index is 13.7. The van der Waals surface area contributed by atoms with Gasteiger partial charge in [-0.2, -0.15) is 0 Å². The smallest absolute Gasteiger partial charge is 0.303 e. The fraction of sp³-hybridized carbons (Fsp3) is 0.500. The van der Waals surface area contributed by atoms with Crippen molar-refractivity contribution < 1.29 is 23.4 Å². The maximum atomic E-state index is 13.7. The third-order valence-corrected chi connectivity index (χ3v) is 3.08. The Kier molecular flexibility index (Phi) is 4.35. The average Bonchev–Trinajstić information content (AvgIpc) is 3.11. The molecule has 0 heterocycles. The van der Waals surface area contributed by atoms with E-state index >= 15 is 0 Å². The van der Waals surface area contributed by atoms with Crippen molar-refractivity contribution in [2.24, 2.45) is 5.92 Å². The number of benzene rings is 1. The van der Waals surface area contributed by atoms with Gasteiger partial charge in [-0.25, -0.2) is 8.78 Å². The number of rotatable bonds is 7. The molecule has 0 radical (unpaired) electrons. The lowest BCUT2D eigenvalue weighted by molar-refractivity contribution is -0.137.